The number of aryl methyl sites for hydroxylation is 1. The van der Waals surface area contributed by atoms with Crippen LogP contribution in [0.4, 0.5) is 0 Å². The summed E-state index contributed by atoms with van der Waals surface area (Å²) >= 11 is 0. The molecule has 1 aliphatic rings. The van der Waals surface area contributed by atoms with E-state index in [0.717, 1.165) is 44.7 Å². The molecular weight excluding hydrogens is 300 g/mol. The van der Waals surface area contributed by atoms with E-state index in [4.69, 9.17) is 0 Å². The molecular formula is C19H28N4O. The fourth-order valence-corrected chi connectivity index (χ4v) is 3.33. The first-order valence-corrected chi connectivity index (χ1v) is 8.88. The summed E-state index contributed by atoms with van der Waals surface area (Å²) in [5, 5.41) is 4.32. The number of carbonyl (C=O) groups is 1. The van der Waals surface area contributed by atoms with Crippen molar-refractivity contribution in [3.05, 3.63) is 36.0 Å². The summed E-state index contributed by atoms with van der Waals surface area (Å²) in [6.07, 6.45) is 3.33. The molecule has 1 aromatic carbocycles. The third-order valence-corrected chi connectivity index (χ3v) is 5.05. The van der Waals surface area contributed by atoms with Gasteiger partial charge in [-0.1, -0.05) is 18.2 Å². The molecule has 0 bridgehead atoms. The molecule has 1 amide bonds. The number of fused-ring (bicyclic) bond motifs is 1. The molecule has 130 valence electrons. The Hall–Kier alpha value is -1.85. The van der Waals surface area contributed by atoms with Gasteiger partial charge in [0.25, 0.3) is 0 Å². The van der Waals surface area contributed by atoms with Crippen LogP contribution in [0.5, 0.6) is 0 Å². The molecule has 1 atom stereocenters. The SMILES string of the molecule is C[C@@H](CNC(=O)CCc1c[nH]c2ccccc12)N1CCN(C)CC1. The molecule has 0 saturated carbocycles. The first-order valence-electron chi connectivity index (χ1n) is 8.88. The Balaban J connectivity index is 1.42. The second kappa shape index (κ2) is 7.81. The number of nitrogens with zero attached hydrogens (tertiary/aromatic N) is 2. The standard InChI is InChI=1S/C19H28N4O/c1-15(23-11-9-22(2)10-12-23)13-21-19(24)8-7-16-14-20-18-6-4-3-5-17(16)18/h3-6,14-15,20H,7-13H2,1-2H3,(H,21,24)/t15-/m0/s1. The van der Waals surface area contributed by atoms with Gasteiger partial charge in [0.05, 0.1) is 0 Å². The molecule has 1 fully saturated rings. The lowest BCUT2D eigenvalue weighted by atomic mass is 10.1. The summed E-state index contributed by atoms with van der Waals surface area (Å²) in [5.74, 6) is 0.140. The molecule has 2 N–H and O–H groups in total. The number of amides is 1. The highest BCUT2D eigenvalue weighted by molar-refractivity contribution is 5.84. The minimum Gasteiger partial charge on any atom is -0.361 e. The minimum atomic E-state index is 0.140. The van der Waals surface area contributed by atoms with Crippen LogP contribution in [0.15, 0.2) is 30.5 Å². The second-order valence-electron chi connectivity index (χ2n) is 6.85. The predicted octanol–water partition coefficient (Wildman–Crippen LogP) is 1.85. The number of piperazine rings is 1. The van der Waals surface area contributed by atoms with Gasteiger partial charge < -0.3 is 15.2 Å². The average Bonchev–Trinajstić information content (AvgIpc) is 3.01. The van der Waals surface area contributed by atoms with E-state index in [0.29, 0.717) is 12.5 Å². The zero-order valence-electron chi connectivity index (χ0n) is 14.7. The van der Waals surface area contributed by atoms with Crippen LogP contribution in [0, 0.1) is 0 Å². The van der Waals surface area contributed by atoms with E-state index in [1.165, 1.54) is 10.9 Å². The Labute approximate surface area is 144 Å². The predicted molar refractivity (Wildman–Crippen MR) is 98.2 cm³/mol. The van der Waals surface area contributed by atoms with Crippen LogP contribution in [0.2, 0.25) is 0 Å². The van der Waals surface area contributed by atoms with Crippen LogP contribution in [-0.4, -0.2) is 66.5 Å². The summed E-state index contributed by atoms with van der Waals surface area (Å²) in [4.78, 5) is 20.2. The summed E-state index contributed by atoms with van der Waals surface area (Å²) in [6, 6.07) is 8.63. The molecule has 1 saturated heterocycles. The number of carbonyl (C=O) groups excluding carboxylic acids is 1. The molecule has 3 rings (SSSR count). The lowest BCUT2D eigenvalue weighted by Gasteiger charge is -2.36. The minimum absolute atomic E-state index is 0.140. The van der Waals surface area contributed by atoms with Crippen molar-refractivity contribution >= 4 is 16.8 Å². The van der Waals surface area contributed by atoms with E-state index in [2.05, 4.69) is 46.2 Å². The number of aromatic amines is 1. The van der Waals surface area contributed by atoms with Gasteiger partial charge in [0.15, 0.2) is 0 Å². The van der Waals surface area contributed by atoms with Crippen LogP contribution < -0.4 is 5.32 Å². The van der Waals surface area contributed by atoms with E-state index in [1.807, 2.05) is 18.3 Å². The number of H-pyrrole nitrogens is 1. The normalized spacial score (nSPS) is 17.9. The van der Waals surface area contributed by atoms with Gasteiger partial charge >= 0.3 is 0 Å². The van der Waals surface area contributed by atoms with Gasteiger partial charge in [-0.2, -0.15) is 0 Å². The maximum Gasteiger partial charge on any atom is 0.220 e. The number of nitrogens with one attached hydrogen (secondary N) is 2. The topological polar surface area (TPSA) is 51.4 Å². The first-order chi connectivity index (χ1) is 11.6. The van der Waals surface area contributed by atoms with E-state index >= 15 is 0 Å². The van der Waals surface area contributed by atoms with Gasteiger partial charge in [-0.05, 0) is 32.0 Å². The number of para-hydroxylation sites is 1. The van der Waals surface area contributed by atoms with E-state index < -0.39 is 0 Å². The highest BCUT2D eigenvalue weighted by Crippen LogP contribution is 2.18. The lowest BCUT2D eigenvalue weighted by molar-refractivity contribution is -0.121. The van der Waals surface area contributed by atoms with Crippen molar-refractivity contribution in [3.8, 4) is 0 Å². The van der Waals surface area contributed by atoms with Gasteiger partial charge in [-0.25, -0.2) is 0 Å². The van der Waals surface area contributed by atoms with Crippen molar-refractivity contribution in [1.82, 2.24) is 20.1 Å². The van der Waals surface area contributed by atoms with Crippen LogP contribution in [0.25, 0.3) is 10.9 Å². The number of aromatic nitrogens is 1. The van der Waals surface area contributed by atoms with Crippen LogP contribution in [0.1, 0.15) is 18.9 Å². The smallest absolute Gasteiger partial charge is 0.220 e. The number of hydrogen-bond acceptors (Lipinski definition) is 3. The molecule has 0 unspecified atom stereocenters. The molecule has 5 nitrogen and oxygen atoms in total. The van der Waals surface area contributed by atoms with Crippen molar-refractivity contribution in [2.75, 3.05) is 39.8 Å². The molecule has 0 radical (unpaired) electrons. The highest BCUT2D eigenvalue weighted by Gasteiger charge is 2.19. The molecule has 1 aromatic heterocycles. The molecule has 24 heavy (non-hydrogen) atoms. The monoisotopic (exact) mass is 328 g/mol. The molecule has 5 heteroatoms. The Morgan fingerprint density at radius 1 is 1.25 bits per heavy atom. The quantitative estimate of drug-likeness (QED) is 0.851. The zero-order chi connectivity index (χ0) is 16.9. The maximum atomic E-state index is 12.2. The molecule has 2 heterocycles. The zero-order valence-corrected chi connectivity index (χ0v) is 14.7. The Kier molecular flexibility index (Phi) is 5.53. The van der Waals surface area contributed by atoms with Crippen molar-refractivity contribution in [2.45, 2.75) is 25.8 Å². The largest absolute Gasteiger partial charge is 0.361 e. The van der Waals surface area contributed by atoms with E-state index in [-0.39, 0.29) is 5.91 Å². The van der Waals surface area contributed by atoms with Crippen molar-refractivity contribution in [2.24, 2.45) is 0 Å². The lowest BCUT2D eigenvalue weighted by Crippen LogP contribution is -2.51. The van der Waals surface area contributed by atoms with Gasteiger partial charge in [0, 0.05) is 62.3 Å². The third-order valence-electron chi connectivity index (χ3n) is 5.05. The number of likely N-dealkylation sites (N-methyl/N-ethyl adjacent to an activating group) is 1. The fraction of sp³-hybridized carbons (Fsp3) is 0.526. The summed E-state index contributed by atoms with van der Waals surface area (Å²) in [7, 11) is 2.16. The van der Waals surface area contributed by atoms with Crippen molar-refractivity contribution < 1.29 is 4.79 Å². The van der Waals surface area contributed by atoms with Gasteiger partial charge in [-0.3, -0.25) is 9.69 Å². The Morgan fingerprint density at radius 3 is 2.79 bits per heavy atom. The maximum absolute atomic E-state index is 12.2. The Bertz CT molecular complexity index is 673. The second-order valence-corrected chi connectivity index (χ2v) is 6.85. The number of hydrogen-bond donors (Lipinski definition) is 2. The molecule has 0 spiro atoms. The van der Waals surface area contributed by atoms with Gasteiger partial charge in [-0.15, -0.1) is 0 Å². The fourth-order valence-electron chi connectivity index (χ4n) is 3.33. The Morgan fingerprint density at radius 2 is 2.00 bits per heavy atom. The van der Waals surface area contributed by atoms with E-state index in [9.17, 15) is 4.79 Å². The van der Waals surface area contributed by atoms with Crippen molar-refractivity contribution in [3.63, 3.8) is 0 Å². The summed E-state index contributed by atoms with van der Waals surface area (Å²) in [6.45, 7) is 7.32. The number of rotatable bonds is 6. The highest BCUT2D eigenvalue weighted by atomic mass is 16.1. The molecule has 0 aliphatic carbocycles. The van der Waals surface area contributed by atoms with Crippen LogP contribution >= 0.6 is 0 Å². The van der Waals surface area contributed by atoms with Crippen LogP contribution in [-0.2, 0) is 11.2 Å². The summed E-state index contributed by atoms with van der Waals surface area (Å²) in [5.41, 5.74) is 2.35. The third kappa shape index (κ3) is 4.16. The van der Waals surface area contributed by atoms with Crippen molar-refractivity contribution in [1.29, 1.82) is 0 Å². The van der Waals surface area contributed by atoms with E-state index in [1.54, 1.807) is 0 Å². The first kappa shape index (κ1) is 17.0. The average molecular weight is 328 g/mol. The molecule has 2 aromatic rings. The van der Waals surface area contributed by atoms with Gasteiger partial charge in [0.1, 0.15) is 0 Å². The van der Waals surface area contributed by atoms with Crippen LogP contribution in [0.3, 0.4) is 0 Å². The molecule has 1 aliphatic heterocycles. The summed E-state index contributed by atoms with van der Waals surface area (Å²) < 4.78 is 0. The number of benzene rings is 1. The van der Waals surface area contributed by atoms with Gasteiger partial charge in [0.2, 0.25) is 5.91 Å².